The molecule has 0 bridgehead atoms. The standard InChI is InChI=1S/C6H8N2O2/c9-7-5-2-1-3-6(4-5)8-10/h2,6H,1,3-4H2. The number of allylic oxidation sites excluding steroid dienone is 1. The SMILES string of the molecule is O=NC1=CCCC(N=O)C1. The second-order valence-electron chi connectivity index (χ2n) is 2.33. The Morgan fingerprint density at radius 1 is 1.50 bits per heavy atom. The first-order valence-electron chi connectivity index (χ1n) is 3.21. The Hall–Kier alpha value is -1.06. The predicted molar refractivity (Wildman–Crippen MR) is 37.3 cm³/mol. The van der Waals surface area contributed by atoms with Gasteiger partial charge in [0.05, 0.1) is 11.7 Å². The largest absolute Gasteiger partial charge is 0.151 e. The topological polar surface area (TPSA) is 58.9 Å². The van der Waals surface area contributed by atoms with Crippen LogP contribution in [0.3, 0.4) is 0 Å². The summed E-state index contributed by atoms with van der Waals surface area (Å²) in [5, 5.41) is 5.61. The fourth-order valence-corrected chi connectivity index (χ4v) is 1.03. The molecule has 0 aromatic heterocycles. The fourth-order valence-electron chi connectivity index (χ4n) is 1.03. The van der Waals surface area contributed by atoms with Crippen LogP contribution in [0.2, 0.25) is 0 Å². The molecule has 1 atom stereocenters. The molecule has 0 radical (unpaired) electrons. The highest BCUT2D eigenvalue weighted by atomic mass is 16.3. The van der Waals surface area contributed by atoms with E-state index in [1.807, 2.05) is 0 Å². The van der Waals surface area contributed by atoms with E-state index in [9.17, 15) is 9.81 Å². The second-order valence-corrected chi connectivity index (χ2v) is 2.33. The number of hydrogen-bond donors (Lipinski definition) is 0. The van der Waals surface area contributed by atoms with Crippen LogP contribution in [-0.4, -0.2) is 6.04 Å². The molecule has 1 unspecified atom stereocenters. The van der Waals surface area contributed by atoms with E-state index in [2.05, 4.69) is 10.4 Å². The van der Waals surface area contributed by atoms with Gasteiger partial charge in [0, 0.05) is 6.42 Å². The smallest absolute Gasteiger partial charge is 0.0979 e. The van der Waals surface area contributed by atoms with Gasteiger partial charge in [-0.3, -0.25) is 0 Å². The number of nitroso groups, excluding NO2 is 2. The lowest BCUT2D eigenvalue weighted by Gasteiger charge is -2.10. The highest BCUT2D eigenvalue weighted by molar-refractivity contribution is 5.06. The minimum absolute atomic E-state index is 0.224. The lowest BCUT2D eigenvalue weighted by Crippen LogP contribution is -2.07. The normalized spacial score (nSPS) is 25.2. The summed E-state index contributed by atoms with van der Waals surface area (Å²) in [6.45, 7) is 0. The maximum absolute atomic E-state index is 10.0. The Labute approximate surface area is 58.3 Å². The molecule has 10 heavy (non-hydrogen) atoms. The Morgan fingerprint density at radius 2 is 2.30 bits per heavy atom. The van der Waals surface area contributed by atoms with E-state index < -0.39 is 0 Å². The molecule has 0 heterocycles. The zero-order chi connectivity index (χ0) is 7.40. The van der Waals surface area contributed by atoms with Gasteiger partial charge in [0.25, 0.3) is 0 Å². The first-order chi connectivity index (χ1) is 4.86. The summed E-state index contributed by atoms with van der Waals surface area (Å²) in [5.74, 6) is 0. The van der Waals surface area contributed by atoms with Crippen molar-refractivity contribution in [2.24, 2.45) is 10.4 Å². The summed E-state index contributed by atoms with van der Waals surface area (Å²) in [5.41, 5.74) is 0.468. The molecule has 0 N–H and O–H groups in total. The van der Waals surface area contributed by atoms with Crippen molar-refractivity contribution in [3.63, 3.8) is 0 Å². The summed E-state index contributed by atoms with van der Waals surface area (Å²) in [6, 6.07) is -0.224. The molecule has 0 aliphatic heterocycles. The molecule has 54 valence electrons. The number of rotatable bonds is 2. The molecule has 0 saturated heterocycles. The molecular weight excluding hydrogens is 132 g/mol. The molecule has 4 nitrogen and oxygen atoms in total. The van der Waals surface area contributed by atoms with Crippen LogP contribution >= 0.6 is 0 Å². The summed E-state index contributed by atoms with van der Waals surface area (Å²) >= 11 is 0. The maximum Gasteiger partial charge on any atom is 0.0979 e. The van der Waals surface area contributed by atoms with Crippen LogP contribution in [0.1, 0.15) is 19.3 Å². The quantitative estimate of drug-likeness (QED) is 0.550. The number of hydrogen-bond acceptors (Lipinski definition) is 4. The van der Waals surface area contributed by atoms with Gasteiger partial charge in [-0.15, -0.1) is 4.91 Å². The van der Waals surface area contributed by atoms with Crippen LogP contribution in [0.25, 0.3) is 0 Å². The van der Waals surface area contributed by atoms with Gasteiger partial charge in [-0.2, -0.15) is 4.91 Å². The number of nitrogens with zero attached hydrogens (tertiary/aromatic N) is 2. The van der Waals surface area contributed by atoms with E-state index in [4.69, 9.17) is 0 Å². The van der Waals surface area contributed by atoms with Gasteiger partial charge in [-0.05, 0) is 18.0 Å². The Kier molecular flexibility index (Phi) is 2.25. The van der Waals surface area contributed by atoms with Gasteiger partial charge in [0.1, 0.15) is 0 Å². The van der Waals surface area contributed by atoms with Crippen LogP contribution in [-0.2, 0) is 0 Å². The molecule has 0 aromatic carbocycles. The van der Waals surface area contributed by atoms with Crippen molar-refractivity contribution in [3.8, 4) is 0 Å². The molecule has 0 spiro atoms. The molecular formula is C6H8N2O2. The molecule has 4 heteroatoms. The van der Waals surface area contributed by atoms with Gasteiger partial charge < -0.3 is 0 Å². The molecule has 0 saturated carbocycles. The summed E-state index contributed by atoms with van der Waals surface area (Å²) in [7, 11) is 0. The first kappa shape index (κ1) is 7.05. The van der Waals surface area contributed by atoms with Gasteiger partial charge >= 0.3 is 0 Å². The molecule has 1 aliphatic carbocycles. The highest BCUT2D eigenvalue weighted by Gasteiger charge is 2.15. The Bertz CT molecular complexity index is 177. The van der Waals surface area contributed by atoms with E-state index in [1.165, 1.54) is 0 Å². The van der Waals surface area contributed by atoms with Crippen LogP contribution in [0.4, 0.5) is 0 Å². The molecule has 1 rings (SSSR count). The third-order valence-corrected chi connectivity index (χ3v) is 1.59. The van der Waals surface area contributed by atoms with Crippen molar-refractivity contribution in [2.45, 2.75) is 25.3 Å². The van der Waals surface area contributed by atoms with Crippen molar-refractivity contribution in [1.29, 1.82) is 0 Å². The average Bonchev–Trinajstić information content (AvgIpc) is 2.05. The summed E-state index contributed by atoms with van der Waals surface area (Å²) in [4.78, 5) is 20.0. The van der Waals surface area contributed by atoms with Crippen LogP contribution in [0.15, 0.2) is 22.1 Å². The van der Waals surface area contributed by atoms with E-state index >= 15 is 0 Å². The van der Waals surface area contributed by atoms with Crippen LogP contribution in [0, 0.1) is 9.81 Å². The Balaban J connectivity index is 2.55. The highest BCUT2D eigenvalue weighted by Crippen LogP contribution is 2.20. The van der Waals surface area contributed by atoms with E-state index in [0.29, 0.717) is 12.1 Å². The van der Waals surface area contributed by atoms with E-state index in [-0.39, 0.29) is 6.04 Å². The zero-order valence-corrected chi connectivity index (χ0v) is 5.49. The van der Waals surface area contributed by atoms with E-state index in [1.54, 1.807) is 6.08 Å². The van der Waals surface area contributed by atoms with Gasteiger partial charge in [-0.1, -0.05) is 11.3 Å². The predicted octanol–water partition coefficient (Wildman–Crippen LogP) is 1.96. The van der Waals surface area contributed by atoms with Crippen molar-refractivity contribution in [1.82, 2.24) is 0 Å². The molecule has 1 aliphatic rings. The maximum atomic E-state index is 10.0. The molecule has 0 aromatic rings. The minimum atomic E-state index is -0.224. The van der Waals surface area contributed by atoms with Crippen LogP contribution in [0.5, 0.6) is 0 Å². The Morgan fingerprint density at radius 3 is 2.90 bits per heavy atom. The zero-order valence-electron chi connectivity index (χ0n) is 5.49. The first-order valence-corrected chi connectivity index (χ1v) is 3.21. The van der Waals surface area contributed by atoms with Crippen LogP contribution < -0.4 is 0 Å². The summed E-state index contributed by atoms with van der Waals surface area (Å²) in [6.07, 6.45) is 3.68. The van der Waals surface area contributed by atoms with Crippen molar-refractivity contribution in [2.75, 3.05) is 0 Å². The van der Waals surface area contributed by atoms with Crippen molar-refractivity contribution >= 4 is 0 Å². The molecule has 0 fully saturated rings. The van der Waals surface area contributed by atoms with Crippen molar-refractivity contribution < 1.29 is 0 Å². The van der Waals surface area contributed by atoms with Gasteiger partial charge in [-0.25, -0.2) is 0 Å². The van der Waals surface area contributed by atoms with Gasteiger partial charge in [0.15, 0.2) is 0 Å². The monoisotopic (exact) mass is 140 g/mol. The minimum Gasteiger partial charge on any atom is -0.151 e. The van der Waals surface area contributed by atoms with E-state index in [0.717, 1.165) is 12.8 Å². The second kappa shape index (κ2) is 3.20. The third kappa shape index (κ3) is 1.46. The lowest BCUT2D eigenvalue weighted by molar-refractivity contribution is 0.581. The fraction of sp³-hybridized carbons (Fsp3) is 0.667. The summed E-state index contributed by atoms with van der Waals surface area (Å²) < 4.78 is 0. The van der Waals surface area contributed by atoms with Crippen molar-refractivity contribution in [3.05, 3.63) is 21.6 Å². The molecule has 0 amide bonds. The lowest BCUT2D eigenvalue weighted by atomic mass is 10.0. The van der Waals surface area contributed by atoms with Gasteiger partial charge in [0.2, 0.25) is 0 Å². The third-order valence-electron chi connectivity index (χ3n) is 1.59. The average molecular weight is 140 g/mol.